The van der Waals surface area contributed by atoms with Crippen LogP contribution in [0, 0.1) is 12.8 Å². The fraction of sp³-hybridized carbons (Fsp3) is 0.500. The molecule has 0 radical (unpaired) electrons. The van der Waals surface area contributed by atoms with Gasteiger partial charge in [-0.15, -0.1) is 0 Å². The topological polar surface area (TPSA) is 40.5 Å². The molecule has 0 amide bonds. The number of hydrogen-bond acceptors (Lipinski definition) is 2. The molecule has 0 heterocycles. The normalized spacial score (nSPS) is 14.7. The van der Waals surface area contributed by atoms with Crippen molar-refractivity contribution in [1.82, 2.24) is 0 Å². The molecule has 1 fully saturated rings. The lowest BCUT2D eigenvalue weighted by atomic mass is 10.1. The number of aromatic carboxylic acids is 1. The Morgan fingerprint density at radius 3 is 2.65 bits per heavy atom. The highest BCUT2D eigenvalue weighted by molar-refractivity contribution is 5.88. The Balaban J connectivity index is 2.20. The summed E-state index contributed by atoms with van der Waals surface area (Å²) in [6.45, 7) is 6.21. The van der Waals surface area contributed by atoms with Crippen molar-refractivity contribution in [3.63, 3.8) is 0 Å². The summed E-state index contributed by atoms with van der Waals surface area (Å²) in [6, 6.07) is 5.39. The number of nitrogens with zero attached hydrogens (tertiary/aromatic N) is 1. The average molecular weight is 233 g/mol. The SMILES string of the molecule is CCN(CC1CC1)c1ccc(C(=O)O)cc1C. The summed E-state index contributed by atoms with van der Waals surface area (Å²) in [5, 5.41) is 8.94. The highest BCUT2D eigenvalue weighted by Gasteiger charge is 2.24. The third-order valence-electron chi connectivity index (χ3n) is 3.34. The summed E-state index contributed by atoms with van der Waals surface area (Å²) in [6.07, 6.45) is 2.67. The van der Waals surface area contributed by atoms with E-state index in [2.05, 4.69) is 11.8 Å². The largest absolute Gasteiger partial charge is 0.478 e. The first-order valence-electron chi connectivity index (χ1n) is 6.20. The van der Waals surface area contributed by atoms with Gasteiger partial charge in [0.2, 0.25) is 0 Å². The predicted octanol–water partition coefficient (Wildman–Crippen LogP) is 2.93. The van der Waals surface area contributed by atoms with Gasteiger partial charge in [-0.25, -0.2) is 4.79 Å². The van der Waals surface area contributed by atoms with Gasteiger partial charge >= 0.3 is 5.97 Å². The zero-order valence-corrected chi connectivity index (χ0v) is 10.4. The molecule has 0 bridgehead atoms. The predicted molar refractivity (Wildman–Crippen MR) is 68.7 cm³/mol. The highest BCUT2D eigenvalue weighted by Crippen LogP contribution is 2.32. The Labute approximate surface area is 102 Å². The Bertz CT molecular complexity index is 424. The van der Waals surface area contributed by atoms with Gasteiger partial charge in [-0.05, 0) is 56.4 Å². The fourth-order valence-corrected chi connectivity index (χ4v) is 2.15. The summed E-state index contributed by atoms with van der Waals surface area (Å²) in [7, 11) is 0. The summed E-state index contributed by atoms with van der Waals surface area (Å²) < 4.78 is 0. The Morgan fingerprint density at radius 2 is 2.18 bits per heavy atom. The van der Waals surface area contributed by atoms with Crippen LogP contribution < -0.4 is 4.90 Å². The van der Waals surface area contributed by atoms with Crippen LogP contribution in [0.3, 0.4) is 0 Å². The first-order chi connectivity index (χ1) is 8.11. The molecule has 0 saturated heterocycles. The zero-order valence-electron chi connectivity index (χ0n) is 10.4. The monoisotopic (exact) mass is 233 g/mol. The Morgan fingerprint density at radius 1 is 1.47 bits per heavy atom. The van der Waals surface area contributed by atoms with Crippen LogP contribution in [0.4, 0.5) is 5.69 Å². The van der Waals surface area contributed by atoms with Crippen molar-refractivity contribution in [2.24, 2.45) is 5.92 Å². The van der Waals surface area contributed by atoms with E-state index in [0.717, 1.165) is 24.6 Å². The molecule has 1 aliphatic carbocycles. The summed E-state index contributed by atoms with van der Waals surface area (Å²) in [5.74, 6) is -0.0154. The lowest BCUT2D eigenvalue weighted by Crippen LogP contribution is -2.26. The minimum atomic E-state index is -0.857. The van der Waals surface area contributed by atoms with Crippen molar-refractivity contribution in [1.29, 1.82) is 0 Å². The van der Waals surface area contributed by atoms with Crippen LogP contribution in [-0.2, 0) is 0 Å². The van der Waals surface area contributed by atoms with E-state index in [-0.39, 0.29) is 0 Å². The van der Waals surface area contributed by atoms with Crippen LogP contribution in [-0.4, -0.2) is 24.2 Å². The first-order valence-corrected chi connectivity index (χ1v) is 6.20. The van der Waals surface area contributed by atoms with E-state index in [1.54, 1.807) is 12.1 Å². The number of aryl methyl sites for hydroxylation is 1. The van der Waals surface area contributed by atoms with E-state index in [9.17, 15) is 4.79 Å². The van der Waals surface area contributed by atoms with Crippen molar-refractivity contribution in [3.8, 4) is 0 Å². The molecule has 3 nitrogen and oxygen atoms in total. The molecule has 1 N–H and O–H groups in total. The maximum absolute atomic E-state index is 10.9. The molecule has 92 valence electrons. The van der Waals surface area contributed by atoms with Crippen LogP contribution in [0.15, 0.2) is 18.2 Å². The molecule has 0 aromatic heterocycles. The van der Waals surface area contributed by atoms with Gasteiger partial charge in [-0.3, -0.25) is 0 Å². The molecule has 0 spiro atoms. The van der Waals surface area contributed by atoms with Crippen LogP contribution in [0.1, 0.15) is 35.7 Å². The summed E-state index contributed by atoms with van der Waals surface area (Å²) in [4.78, 5) is 13.2. The number of carboxylic acid groups (broad SMARTS) is 1. The number of carbonyl (C=O) groups is 1. The van der Waals surface area contributed by atoms with Crippen molar-refractivity contribution >= 4 is 11.7 Å². The van der Waals surface area contributed by atoms with E-state index in [1.165, 1.54) is 18.5 Å². The fourth-order valence-electron chi connectivity index (χ4n) is 2.15. The van der Waals surface area contributed by atoms with E-state index in [4.69, 9.17) is 5.11 Å². The van der Waals surface area contributed by atoms with E-state index in [1.807, 2.05) is 13.0 Å². The standard InChI is InChI=1S/C14H19NO2/c1-3-15(9-11-4-5-11)13-7-6-12(14(16)17)8-10(13)2/h6-8,11H,3-5,9H2,1-2H3,(H,16,17). The molecular formula is C14H19NO2. The lowest BCUT2D eigenvalue weighted by molar-refractivity contribution is 0.0697. The van der Waals surface area contributed by atoms with Crippen LogP contribution in [0.2, 0.25) is 0 Å². The molecular weight excluding hydrogens is 214 g/mol. The van der Waals surface area contributed by atoms with Gasteiger partial charge in [-0.1, -0.05) is 0 Å². The maximum atomic E-state index is 10.9. The Hall–Kier alpha value is -1.51. The van der Waals surface area contributed by atoms with E-state index in [0.29, 0.717) is 5.56 Å². The molecule has 17 heavy (non-hydrogen) atoms. The summed E-state index contributed by atoms with van der Waals surface area (Å²) >= 11 is 0. The number of anilines is 1. The molecule has 1 saturated carbocycles. The maximum Gasteiger partial charge on any atom is 0.335 e. The lowest BCUT2D eigenvalue weighted by Gasteiger charge is -2.25. The molecule has 3 heteroatoms. The zero-order chi connectivity index (χ0) is 12.4. The molecule has 0 unspecified atom stereocenters. The minimum Gasteiger partial charge on any atom is -0.478 e. The van der Waals surface area contributed by atoms with E-state index >= 15 is 0 Å². The number of rotatable bonds is 5. The summed E-state index contributed by atoms with van der Waals surface area (Å²) in [5.41, 5.74) is 2.59. The van der Waals surface area contributed by atoms with Gasteiger partial charge in [0.1, 0.15) is 0 Å². The molecule has 0 atom stereocenters. The molecule has 2 rings (SSSR count). The third kappa shape index (κ3) is 2.78. The number of carboxylic acids is 1. The Kier molecular flexibility index (Phi) is 3.36. The van der Waals surface area contributed by atoms with Gasteiger partial charge in [0.15, 0.2) is 0 Å². The second kappa shape index (κ2) is 4.78. The van der Waals surface area contributed by atoms with Gasteiger partial charge < -0.3 is 10.0 Å². The molecule has 1 aromatic rings. The number of benzene rings is 1. The van der Waals surface area contributed by atoms with Crippen LogP contribution in [0.5, 0.6) is 0 Å². The van der Waals surface area contributed by atoms with Gasteiger partial charge in [-0.2, -0.15) is 0 Å². The smallest absolute Gasteiger partial charge is 0.335 e. The van der Waals surface area contributed by atoms with Gasteiger partial charge in [0, 0.05) is 18.8 Å². The van der Waals surface area contributed by atoms with Crippen molar-refractivity contribution in [2.45, 2.75) is 26.7 Å². The second-order valence-electron chi connectivity index (χ2n) is 4.79. The van der Waals surface area contributed by atoms with Gasteiger partial charge in [0.25, 0.3) is 0 Å². The second-order valence-corrected chi connectivity index (χ2v) is 4.79. The van der Waals surface area contributed by atoms with Crippen molar-refractivity contribution < 1.29 is 9.90 Å². The van der Waals surface area contributed by atoms with Crippen molar-refractivity contribution in [3.05, 3.63) is 29.3 Å². The van der Waals surface area contributed by atoms with Crippen LogP contribution in [0.25, 0.3) is 0 Å². The van der Waals surface area contributed by atoms with Gasteiger partial charge in [0.05, 0.1) is 5.56 Å². The number of hydrogen-bond donors (Lipinski definition) is 1. The average Bonchev–Trinajstić information content (AvgIpc) is 3.10. The van der Waals surface area contributed by atoms with Crippen molar-refractivity contribution in [2.75, 3.05) is 18.0 Å². The minimum absolute atomic E-state index is 0.369. The molecule has 1 aromatic carbocycles. The highest BCUT2D eigenvalue weighted by atomic mass is 16.4. The first kappa shape index (κ1) is 12.0. The quantitative estimate of drug-likeness (QED) is 0.850. The van der Waals surface area contributed by atoms with Crippen LogP contribution >= 0.6 is 0 Å². The molecule has 0 aliphatic heterocycles. The van der Waals surface area contributed by atoms with E-state index < -0.39 is 5.97 Å². The third-order valence-corrected chi connectivity index (χ3v) is 3.34. The molecule has 1 aliphatic rings.